The molecule has 1 aliphatic heterocycles. The van der Waals surface area contributed by atoms with Gasteiger partial charge < -0.3 is 14.2 Å². The van der Waals surface area contributed by atoms with E-state index in [4.69, 9.17) is 14.2 Å². The number of nitrogens with zero attached hydrogens (tertiary/aromatic N) is 1. The Balaban J connectivity index is 2.25. The molecule has 2 rings (SSSR count). The Morgan fingerprint density at radius 3 is 2.63 bits per heavy atom. The smallest absolute Gasteiger partial charge is 0.326 e. The molecule has 1 aromatic carbocycles. The van der Waals surface area contributed by atoms with Gasteiger partial charge in [0, 0.05) is 0 Å². The summed E-state index contributed by atoms with van der Waals surface area (Å²) in [4.78, 5) is 37.5. The minimum atomic E-state index is -0.620. The summed E-state index contributed by atoms with van der Waals surface area (Å²) < 4.78 is 16.7. The molecule has 1 aliphatic rings. The standard InChI is InChI=1S/C18H20INO6S/c1-5-25-16-12(19)6-11(7-13(16)24-4)8-14-17(22)20(18(23)27-14)9-15(21)26-10(2)3/h6-8,10H,5,9H2,1-4H3/b14-8-. The van der Waals surface area contributed by atoms with Crippen LogP contribution in [0.2, 0.25) is 0 Å². The van der Waals surface area contributed by atoms with Crippen LogP contribution in [0.1, 0.15) is 26.3 Å². The number of halogens is 1. The Morgan fingerprint density at radius 2 is 2.04 bits per heavy atom. The first-order valence-corrected chi connectivity index (χ1v) is 10.1. The van der Waals surface area contributed by atoms with E-state index >= 15 is 0 Å². The Morgan fingerprint density at radius 1 is 1.33 bits per heavy atom. The van der Waals surface area contributed by atoms with Gasteiger partial charge in [-0.05, 0) is 78.9 Å². The fourth-order valence-electron chi connectivity index (χ4n) is 2.32. The fraction of sp³-hybridized carbons (Fsp3) is 0.389. The van der Waals surface area contributed by atoms with Crippen LogP contribution in [0.5, 0.6) is 11.5 Å². The summed E-state index contributed by atoms with van der Waals surface area (Å²) in [6.07, 6.45) is 1.28. The molecule has 9 heteroatoms. The van der Waals surface area contributed by atoms with Crippen LogP contribution in [0.3, 0.4) is 0 Å². The number of carbonyl (C=O) groups excluding carboxylic acids is 3. The average Bonchev–Trinajstić information content (AvgIpc) is 2.83. The molecule has 0 radical (unpaired) electrons. The number of rotatable bonds is 7. The zero-order chi connectivity index (χ0) is 20.1. The van der Waals surface area contributed by atoms with E-state index < -0.39 is 23.7 Å². The molecular formula is C18H20INO6S. The van der Waals surface area contributed by atoms with E-state index in [2.05, 4.69) is 22.6 Å². The van der Waals surface area contributed by atoms with E-state index in [0.29, 0.717) is 23.7 Å². The van der Waals surface area contributed by atoms with Crippen molar-refractivity contribution >= 4 is 57.5 Å². The molecule has 0 bridgehead atoms. The van der Waals surface area contributed by atoms with E-state index in [1.807, 2.05) is 13.0 Å². The number of esters is 1. The molecule has 0 unspecified atom stereocenters. The monoisotopic (exact) mass is 505 g/mol. The van der Waals surface area contributed by atoms with Gasteiger partial charge in [-0.15, -0.1) is 0 Å². The lowest BCUT2D eigenvalue weighted by Crippen LogP contribution is -2.35. The number of methoxy groups -OCH3 is 1. The van der Waals surface area contributed by atoms with Gasteiger partial charge in [-0.25, -0.2) is 0 Å². The number of carbonyl (C=O) groups is 3. The van der Waals surface area contributed by atoms with Gasteiger partial charge in [0.1, 0.15) is 6.54 Å². The van der Waals surface area contributed by atoms with Crippen molar-refractivity contribution in [3.05, 3.63) is 26.2 Å². The highest BCUT2D eigenvalue weighted by Crippen LogP contribution is 2.37. The zero-order valence-electron chi connectivity index (χ0n) is 15.4. The number of amides is 2. The summed E-state index contributed by atoms with van der Waals surface area (Å²) in [5, 5.41) is -0.500. The number of hydrogen-bond acceptors (Lipinski definition) is 7. The van der Waals surface area contributed by atoms with Crippen LogP contribution in [0.25, 0.3) is 6.08 Å². The molecule has 0 saturated carbocycles. The van der Waals surface area contributed by atoms with E-state index in [-0.39, 0.29) is 11.0 Å². The topological polar surface area (TPSA) is 82.1 Å². The number of benzene rings is 1. The van der Waals surface area contributed by atoms with Gasteiger partial charge in [0.05, 0.1) is 28.3 Å². The highest BCUT2D eigenvalue weighted by Gasteiger charge is 2.36. The highest BCUT2D eigenvalue weighted by molar-refractivity contribution is 14.1. The van der Waals surface area contributed by atoms with Crippen LogP contribution < -0.4 is 9.47 Å². The van der Waals surface area contributed by atoms with E-state index in [1.54, 1.807) is 26.0 Å². The minimum Gasteiger partial charge on any atom is -0.493 e. The molecule has 1 heterocycles. The average molecular weight is 505 g/mol. The second-order valence-corrected chi connectivity index (χ2v) is 7.93. The lowest BCUT2D eigenvalue weighted by molar-refractivity contribution is -0.149. The fourth-order valence-corrected chi connectivity index (χ4v) is 3.94. The van der Waals surface area contributed by atoms with E-state index in [1.165, 1.54) is 7.11 Å². The maximum absolute atomic E-state index is 12.5. The molecule has 0 N–H and O–H groups in total. The third-order valence-corrected chi connectivity index (χ3v) is 5.07. The largest absolute Gasteiger partial charge is 0.493 e. The summed E-state index contributed by atoms with van der Waals surface area (Å²) in [5.74, 6) is 0.0245. The number of imide groups is 1. The van der Waals surface area contributed by atoms with Crippen molar-refractivity contribution in [2.24, 2.45) is 0 Å². The molecule has 0 aromatic heterocycles. The normalized spacial score (nSPS) is 15.6. The summed E-state index contributed by atoms with van der Waals surface area (Å²) in [5.41, 5.74) is 0.690. The van der Waals surface area contributed by atoms with Gasteiger partial charge in [0.15, 0.2) is 11.5 Å². The van der Waals surface area contributed by atoms with Crippen LogP contribution in [0.15, 0.2) is 17.0 Å². The lowest BCUT2D eigenvalue weighted by atomic mass is 10.2. The van der Waals surface area contributed by atoms with Gasteiger partial charge in [-0.2, -0.15) is 0 Å². The maximum atomic E-state index is 12.5. The first-order chi connectivity index (χ1) is 12.8. The molecule has 7 nitrogen and oxygen atoms in total. The Bertz CT molecular complexity index is 792. The summed E-state index contributed by atoms with van der Waals surface area (Å²) >= 11 is 2.91. The second-order valence-electron chi connectivity index (χ2n) is 5.77. The molecule has 27 heavy (non-hydrogen) atoms. The van der Waals surface area contributed by atoms with Crippen LogP contribution in [0.4, 0.5) is 4.79 Å². The number of thioether (sulfide) groups is 1. The van der Waals surface area contributed by atoms with Crippen LogP contribution in [0, 0.1) is 3.57 Å². The van der Waals surface area contributed by atoms with Crippen LogP contribution >= 0.6 is 34.4 Å². The minimum absolute atomic E-state index is 0.236. The number of ether oxygens (including phenoxy) is 3. The van der Waals surface area contributed by atoms with Crippen LogP contribution in [-0.2, 0) is 14.3 Å². The lowest BCUT2D eigenvalue weighted by Gasteiger charge is -2.13. The highest BCUT2D eigenvalue weighted by atomic mass is 127. The van der Waals surface area contributed by atoms with Crippen molar-refractivity contribution in [3.8, 4) is 11.5 Å². The molecule has 1 saturated heterocycles. The zero-order valence-corrected chi connectivity index (χ0v) is 18.4. The predicted octanol–water partition coefficient (Wildman–Crippen LogP) is 3.69. The first-order valence-electron chi connectivity index (χ1n) is 8.22. The molecule has 0 aliphatic carbocycles. The van der Waals surface area contributed by atoms with Crippen LogP contribution in [-0.4, -0.2) is 48.4 Å². The molecular weight excluding hydrogens is 485 g/mol. The molecule has 1 fully saturated rings. The molecule has 146 valence electrons. The van der Waals surface area contributed by atoms with E-state index in [0.717, 1.165) is 20.2 Å². The van der Waals surface area contributed by atoms with Crippen molar-refractivity contribution in [2.75, 3.05) is 20.3 Å². The molecule has 0 atom stereocenters. The predicted molar refractivity (Wildman–Crippen MR) is 111 cm³/mol. The van der Waals surface area contributed by atoms with Gasteiger partial charge in [0.2, 0.25) is 0 Å². The maximum Gasteiger partial charge on any atom is 0.326 e. The summed E-state index contributed by atoms with van der Waals surface area (Å²) in [6, 6.07) is 3.56. The van der Waals surface area contributed by atoms with Crippen molar-refractivity contribution in [3.63, 3.8) is 0 Å². The SMILES string of the molecule is CCOc1c(I)cc(/C=C2\SC(=O)N(CC(=O)OC(C)C)C2=O)cc1OC. The van der Waals surface area contributed by atoms with Crippen molar-refractivity contribution < 1.29 is 28.6 Å². The van der Waals surface area contributed by atoms with Gasteiger partial charge in [-0.1, -0.05) is 0 Å². The second kappa shape index (κ2) is 9.45. The molecule has 0 spiro atoms. The van der Waals surface area contributed by atoms with Crippen molar-refractivity contribution in [1.82, 2.24) is 4.90 Å². The Hall–Kier alpha value is -1.75. The Kier molecular flexibility index (Phi) is 7.54. The quantitative estimate of drug-likeness (QED) is 0.318. The van der Waals surface area contributed by atoms with Crippen molar-refractivity contribution in [1.29, 1.82) is 0 Å². The molecule has 1 aromatic rings. The van der Waals surface area contributed by atoms with Gasteiger partial charge in [-0.3, -0.25) is 19.3 Å². The van der Waals surface area contributed by atoms with E-state index in [9.17, 15) is 14.4 Å². The van der Waals surface area contributed by atoms with Gasteiger partial charge in [0.25, 0.3) is 11.1 Å². The van der Waals surface area contributed by atoms with Gasteiger partial charge >= 0.3 is 5.97 Å². The summed E-state index contributed by atoms with van der Waals surface area (Å²) in [6.45, 7) is 5.38. The third kappa shape index (κ3) is 5.38. The van der Waals surface area contributed by atoms with Crippen molar-refractivity contribution in [2.45, 2.75) is 26.9 Å². The third-order valence-electron chi connectivity index (χ3n) is 3.37. The molecule has 2 amide bonds. The summed E-state index contributed by atoms with van der Waals surface area (Å²) in [7, 11) is 1.53. The number of hydrogen-bond donors (Lipinski definition) is 0. The first kappa shape index (κ1) is 21.5. The Labute approximate surface area is 175 Å².